The second-order valence-electron chi connectivity index (χ2n) is 10.1. The number of nitriles is 1. The number of halogens is 2. The third-order valence-electron chi connectivity index (χ3n) is 7.15. The van der Waals surface area contributed by atoms with E-state index in [0.29, 0.717) is 17.0 Å². The maximum Gasteiger partial charge on any atom is 0.257 e. The van der Waals surface area contributed by atoms with E-state index >= 15 is 4.39 Å². The molecule has 43 heavy (non-hydrogen) atoms. The number of benzene rings is 2. The first-order chi connectivity index (χ1) is 20.7. The van der Waals surface area contributed by atoms with Gasteiger partial charge in [-0.1, -0.05) is 36.7 Å². The molecular formula is C32H33ClFN5O4. The van der Waals surface area contributed by atoms with E-state index in [0.717, 1.165) is 29.2 Å². The monoisotopic (exact) mass is 605 g/mol. The highest BCUT2D eigenvalue weighted by Gasteiger charge is 2.41. The predicted octanol–water partition coefficient (Wildman–Crippen LogP) is 5.26. The van der Waals surface area contributed by atoms with Crippen molar-refractivity contribution in [3.05, 3.63) is 118 Å². The van der Waals surface area contributed by atoms with E-state index in [4.69, 9.17) is 21.6 Å². The van der Waals surface area contributed by atoms with E-state index in [9.17, 15) is 15.0 Å². The Morgan fingerprint density at radius 3 is 2.37 bits per heavy atom. The number of rotatable bonds is 5. The van der Waals surface area contributed by atoms with Gasteiger partial charge in [-0.3, -0.25) is 14.5 Å². The number of nitrogens with zero attached hydrogens (tertiary/aromatic N) is 5. The fourth-order valence-electron chi connectivity index (χ4n) is 4.73. The minimum Gasteiger partial charge on any atom is -0.381 e. The Hall–Kier alpha value is -4.14. The lowest BCUT2D eigenvalue weighted by atomic mass is 9.86. The van der Waals surface area contributed by atoms with Gasteiger partial charge in [0.2, 0.25) is 0 Å². The van der Waals surface area contributed by atoms with Crippen LogP contribution in [0.3, 0.4) is 0 Å². The molecule has 2 atom stereocenters. The van der Waals surface area contributed by atoms with Crippen molar-refractivity contribution in [3.8, 4) is 6.07 Å². The minimum atomic E-state index is -1.59. The molecule has 0 radical (unpaired) electrons. The minimum absolute atomic E-state index is 0.0149. The number of ether oxygens (including phenoxy) is 1. The van der Waals surface area contributed by atoms with Crippen LogP contribution in [0.1, 0.15) is 70.9 Å². The van der Waals surface area contributed by atoms with Crippen LogP contribution in [-0.2, 0) is 23.9 Å². The van der Waals surface area contributed by atoms with Crippen molar-refractivity contribution in [2.24, 2.45) is 7.05 Å². The number of aliphatic hydroxyl groups is 2. The Balaban J connectivity index is 0.000000291. The van der Waals surface area contributed by atoms with Crippen LogP contribution < -0.4 is 0 Å². The standard InChI is InChI=1S/C22H20FN5O3.C6H5Cl.C4H8O/c1-3-22(31,18-6-7-27(2)26-18)14-8-16-19(17(23)9-14)21(30)28(20(16)29)12-15-5-4-13(10-24)11-25-15;7-6-4-2-1-3-5-6;1-2-4-5-3-1/h4-9,11,21,30-31H,3,12H2,1-2H3;1-5H;1-4H2. The van der Waals surface area contributed by atoms with Crippen molar-refractivity contribution in [3.63, 3.8) is 0 Å². The number of hydrogen-bond acceptors (Lipinski definition) is 7. The average molecular weight is 606 g/mol. The first kappa shape index (κ1) is 31.8. The van der Waals surface area contributed by atoms with Gasteiger partial charge in [0.05, 0.1) is 29.1 Å². The molecule has 0 aliphatic carbocycles. The normalized spacial score (nSPS) is 16.7. The van der Waals surface area contributed by atoms with E-state index in [-0.39, 0.29) is 29.7 Å². The maximum absolute atomic E-state index is 15.0. The van der Waals surface area contributed by atoms with Gasteiger partial charge in [-0.15, -0.1) is 0 Å². The van der Waals surface area contributed by atoms with E-state index in [2.05, 4.69) is 10.1 Å². The molecule has 1 amide bonds. The summed E-state index contributed by atoms with van der Waals surface area (Å²) in [5, 5.41) is 35.8. The van der Waals surface area contributed by atoms with Crippen LogP contribution in [0.2, 0.25) is 5.02 Å². The quantitative estimate of drug-likeness (QED) is 0.318. The highest BCUT2D eigenvalue weighted by molar-refractivity contribution is 6.30. The molecule has 9 nitrogen and oxygen atoms in total. The third-order valence-corrected chi connectivity index (χ3v) is 7.40. The molecule has 0 spiro atoms. The largest absolute Gasteiger partial charge is 0.381 e. The summed E-state index contributed by atoms with van der Waals surface area (Å²) in [6.45, 7) is 3.67. The van der Waals surface area contributed by atoms with Gasteiger partial charge in [-0.2, -0.15) is 10.4 Å². The Morgan fingerprint density at radius 2 is 1.88 bits per heavy atom. The number of carbonyl (C=O) groups is 1. The molecule has 2 aliphatic rings. The van der Waals surface area contributed by atoms with Gasteiger partial charge in [0.1, 0.15) is 17.5 Å². The van der Waals surface area contributed by atoms with Crippen LogP contribution in [0, 0.1) is 17.1 Å². The summed E-state index contributed by atoms with van der Waals surface area (Å²) in [5.41, 5.74) is -0.418. The van der Waals surface area contributed by atoms with Gasteiger partial charge in [-0.25, -0.2) is 4.39 Å². The number of aromatic nitrogens is 3. The SMILES string of the molecule is C1CCOC1.CCC(O)(c1cc(F)c2c(c1)C(=O)N(Cc1ccc(C#N)cn1)C2O)c1ccn(C)n1.Clc1ccccc1. The second kappa shape index (κ2) is 14.4. The summed E-state index contributed by atoms with van der Waals surface area (Å²) < 4.78 is 21.5. The van der Waals surface area contributed by atoms with E-state index in [1.54, 1.807) is 38.4 Å². The number of aliphatic hydroxyl groups excluding tert-OH is 1. The number of pyridine rings is 1. The Kier molecular flexibility index (Phi) is 10.6. The fraction of sp³-hybridized carbons (Fsp3) is 0.312. The lowest BCUT2D eigenvalue weighted by Crippen LogP contribution is -2.28. The zero-order valence-electron chi connectivity index (χ0n) is 24.0. The van der Waals surface area contributed by atoms with E-state index in [1.165, 1.54) is 29.8 Å². The van der Waals surface area contributed by atoms with Crippen molar-refractivity contribution in [2.75, 3.05) is 13.2 Å². The molecule has 0 bridgehead atoms. The van der Waals surface area contributed by atoms with Crippen LogP contribution in [0.5, 0.6) is 0 Å². The Labute approximate surface area is 254 Å². The summed E-state index contributed by atoms with van der Waals surface area (Å²) >= 11 is 5.54. The molecule has 1 saturated heterocycles. The number of aryl methyl sites for hydroxylation is 1. The lowest BCUT2D eigenvalue weighted by molar-refractivity contribution is 0.0118. The zero-order chi connectivity index (χ0) is 31.0. The summed E-state index contributed by atoms with van der Waals surface area (Å²) in [4.78, 5) is 18.2. The van der Waals surface area contributed by atoms with E-state index < -0.39 is 23.6 Å². The molecule has 11 heteroatoms. The summed E-state index contributed by atoms with van der Waals surface area (Å²) in [7, 11) is 1.71. The number of hydrogen-bond donors (Lipinski definition) is 2. The van der Waals surface area contributed by atoms with Gasteiger partial charge in [-0.05, 0) is 67.3 Å². The molecule has 4 aromatic rings. The highest BCUT2D eigenvalue weighted by Crippen LogP contribution is 2.40. The molecule has 2 aromatic carbocycles. The van der Waals surface area contributed by atoms with Gasteiger partial charge in [0.15, 0.2) is 6.23 Å². The molecule has 2 unspecified atom stereocenters. The summed E-state index contributed by atoms with van der Waals surface area (Å²) in [6.07, 6.45) is 4.31. The Bertz CT molecular complexity index is 1560. The molecule has 2 aliphatic heterocycles. The second-order valence-corrected chi connectivity index (χ2v) is 10.5. The lowest BCUT2D eigenvalue weighted by Gasteiger charge is -2.26. The summed E-state index contributed by atoms with van der Waals surface area (Å²) in [6, 6.07) is 18.7. The van der Waals surface area contributed by atoms with Crippen LogP contribution in [0.25, 0.3) is 0 Å². The van der Waals surface area contributed by atoms with Gasteiger partial charge >= 0.3 is 0 Å². The first-order valence-electron chi connectivity index (χ1n) is 13.9. The van der Waals surface area contributed by atoms with Crippen LogP contribution >= 0.6 is 11.6 Å². The molecule has 2 aromatic heterocycles. The molecule has 4 heterocycles. The third kappa shape index (κ3) is 7.45. The van der Waals surface area contributed by atoms with Gasteiger partial charge in [0.25, 0.3) is 5.91 Å². The van der Waals surface area contributed by atoms with Crippen LogP contribution in [0.4, 0.5) is 4.39 Å². The molecule has 0 saturated carbocycles. The molecule has 6 rings (SSSR count). The first-order valence-corrected chi connectivity index (χ1v) is 14.2. The average Bonchev–Trinajstić information content (AvgIpc) is 3.79. The van der Waals surface area contributed by atoms with E-state index in [1.807, 2.05) is 36.4 Å². The van der Waals surface area contributed by atoms with Crippen molar-refractivity contribution < 1.29 is 24.1 Å². The van der Waals surface area contributed by atoms with Crippen molar-refractivity contribution in [2.45, 2.75) is 44.6 Å². The maximum atomic E-state index is 15.0. The van der Waals surface area contributed by atoms with Gasteiger partial charge < -0.3 is 19.8 Å². The Morgan fingerprint density at radius 1 is 1.16 bits per heavy atom. The highest BCUT2D eigenvalue weighted by atomic mass is 35.5. The molecule has 224 valence electrons. The number of fused-ring (bicyclic) bond motifs is 1. The number of carbonyl (C=O) groups excluding carboxylic acids is 1. The molecule has 2 N–H and O–H groups in total. The number of amides is 1. The van der Waals surface area contributed by atoms with Crippen molar-refractivity contribution in [1.82, 2.24) is 19.7 Å². The smallest absolute Gasteiger partial charge is 0.257 e. The summed E-state index contributed by atoms with van der Waals surface area (Å²) in [5.74, 6) is -1.36. The topological polar surface area (TPSA) is 125 Å². The van der Waals surface area contributed by atoms with Gasteiger partial charge in [0, 0.05) is 43.2 Å². The fourth-order valence-corrected chi connectivity index (χ4v) is 4.87. The molecule has 1 fully saturated rings. The zero-order valence-corrected chi connectivity index (χ0v) is 24.7. The van der Waals surface area contributed by atoms with Crippen LogP contribution in [0.15, 0.2) is 73.1 Å². The molecular weight excluding hydrogens is 573 g/mol. The predicted molar refractivity (Wildman–Crippen MR) is 158 cm³/mol. The van der Waals surface area contributed by atoms with Crippen molar-refractivity contribution >= 4 is 17.5 Å². The van der Waals surface area contributed by atoms with Crippen LogP contribution in [-0.4, -0.2) is 49.0 Å². The van der Waals surface area contributed by atoms with Crippen molar-refractivity contribution in [1.29, 1.82) is 5.26 Å².